The van der Waals surface area contributed by atoms with E-state index in [1.54, 1.807) is 6.07 Å². The molecule has 2 aliphatic rings. The number of benzene rings is 1. The van der Waals surface area contributed by atoms with Gasteiger partial charge < -0.3 is 19.3 Å². The second kappa shape index (κ2) is 5.36. The van der Waals surface area contributed by atoms with Crippen molar-refractivity contribution >= 4 is 5.91 Å². The third-order valence-electron chi connectivity index (χ3n) is 3.80. The molecule has 1 aliphatic heterocycles. The molecule has 6 nitrogen and oxygen atoms in total. The fourth-order valence-electron chi connectivity index (χ4n) is 2.43. The number of carbonyl (C=O) groups is 1. The van der Waals surface area contributed by atoms with Crippen molar-refractivity contribution in [2.45, 2.75) is 25.3 Å². The number of nitrogens with zero attached hydrogens (tertiary/aromatic N) is 1. The summed E-state index contributed by atoms with van der Waals surface area (Å²) in [6.07, 6.45) is 2.24. The predicted octanol–water partition coefficient (Wildman–Crippen LogP) is 2.25. The molecule has 1 fully saturated rings. The maximum atomic E-state index is 12.1. The van der Waals surface area contributed by atoms with E-state index in [0.717, 1.165) is 35.7 Å². The van der Waals surface area contributed by atoms with Gasteiger partial charge in [-0.1, -0.05) is 11.2 Å². The molecule has 114 valence electrons. The SMILES string of the molecule is O=C(NCc1ccc2c(c1)OCCO2)c1cc(C2CC2)on1. The Morgan fingerprint density at radius 3 is 2.82 bits per heavy atom. The molecule has 0 radical (unpaired) electrons. The standard InChI is InChI=1S/C16H16N2O4/c19-16(12-8-14(22-18-12)11-2-3-11)17-9-10-1-4-13-15(7-10)21-6-5-20-13/h1,4,7-8,11H,2-3,5-6,9H2,(H,17,19). The van der Waals surface area contributed by atoms with Crippen LogP contribution in [0.2, 0.25) is 0 Å². The first-order valence-electron chi connectivity index (χ1n) is 7.43. The van der Waals surface area contributed by atoms with E-state index < -0.39 is 0 Å². The van der Waals surface area contributed by atoms with Gasteiger partial charge in [0.05, 0.1) is 0 Å². The topological polar surface area (TPSA) is 73.6 Å². The van der Waals surface area contributed by atoms with Crippen molar-refractivity contribution in [3.05, 3.63) is 41.3 Å². The van der Waals surface area contributed by atoms with Gasteiger partial charge in [0.2, 0.25) is 0 Å². The summed E-state index contributed by atoms with van der Waals surface area (Å²) in [4.78, 5) is 12.1. The van der Waals surface area contributed by atoms with E-state index >= 15 is 0 Å². The molecule has 22 heavy (non-hydrogen) atoms. The minimum Gasteiger partial charge on any atom is -0.486 e. The molecule has 2 aromatic rings. The van der Waals surface area contributed by atoms with Crippen LogP contribution in [0.15, 0.2) is 28.8 Å². The quantitative estimate of drug-likeness (QED) is 0.937. The highest BCUT2D eigenvalue weighted by molar-refractivity contribution is 5.92. The Labute approximate surface area is 127 Å². The largest absolute Gasteiger partial charge is 0.486 e. The van der Waals surface area contributed by atoms with Crippen LogP contribution in [0.3, 0.4) is 0 Å². The fraction of sp³-hybridized carbons (Fsp3) is 0.375. The highest BCUT2D eigenvalue weighted by Gasteiger charge is 2.28. The summed E-state index contributed by atoms with van der Waals surface area (Å²) in [5.74, 6) is 2.49. The normalized spacial score (nSPS) is 16.4. The lowest BCUT2D eigenvalue weighted by molar-refractivity contribution is 0.0941. The van der Waals surface area contributed by atoms with E-state index in [0.29, 0.717) is 31.4 Å². The van der Waals surface area contributed by atoms with E-state index in [1.165, 1.54) is 0 Å². The average Bonchev–Trinajstić information content (AvgIpc) is 3.29. The van der Waals surface area contributed by atoms with E-state index in [1.807, 2.05) is 18.2 Å². The van der Waals surface area contributed by atoms with Gasteiger partial charge in [-0.3, -0.25) is 4.79 Å². The van der Waals surface area contributed by atoms with E-state index in [4.69, 9.17) is 14.0 Å². The third kappa shape index (κ3) is 2.64. The van der Waals surface area contributed by atoms with Gasteiger partial charge >= 0.3 is 0 Å². The second-order valence-corrected chi connectivity index (χ2v) is 5.55. The molecule has 4 rings (SSSR count). The Kier molecular flexibility index (Phi) is 3.21. The van der Waals surface area contributed by atoms with Gasteiger partial charge in [0, 0.05) is 18.5 Å². The molecule has 6 heteroatoms. The number of carbonyl (C=O) groups excluding carboxylic acids is 1. The first-order chi connectivity index (χ1) is 10.8. The van der Waals surface area contributed by atoms with E-state index in [-0.39, 0.29) is 5.91 Å². The fourth-order valence-corrected chi connectivity index (χ4v) is 2.43. The maximum Gasteiger partial charge on any atom is 0.273 e. The summed E-state index contributed by atoms with van der Waals surface area (Å²) in [5, 5.41) is 6.67. The van der Waals surface area contributed by atoms with Crippen LogP contribution in [0.1, 0.15) is 40.6 Å². The molecule has 0 spiro atoms. The predicted molar refractivity (Wildman–Crippen MR) is 77.1 cm³/mol. The molecule has 1 aromatic heterocycles. The molecule has 1 N–H and O–H groups in total. The monoisotopic (exact) mass is 300 g/mol. The molecular weight excluding hydrogens is 284 g/mol. The van der Waals surface area contributed by atoms with Crippen molar-refractivity contribution in [1.82, 2.24) is 10.5 Å². The van der Waals surface area contributed by atoms with Gasteiger partial charge in [0.1, 0.15) is 19.0 Å². The summed E-state index contributed by atoms with van der Waals surface area (Å²) in [6.45, 7) is 1.52. The van der Waals surface area contributed by atoms with Crippen molar-refractivity contribution in [2.24, 2.45) is 0 Å². The number of nitrogens with one attached hydrogen (secondary N) is 1. The lowest BCUT2D eigenvalue weighted by Crippen LogP contribution is -2.23. The summed E-state index contributed by atoms with van der Waals surface area (Å²) in [7, 11) is 0. The van der Waals surface area contributed by atoms with Crippen molar-refractivity contribution < 1.29 is 18.8 Å². The molecular formula is C16H16N2O4. The zero-order valence-electron chi connectivity index (χ0n) is 12.0. The molecule has 2 heterocycles. The minimum atomic E-state index is -0.231. The number of amides is 1. The van der Waals surface area contributed by atoms with Crippen LogP contribution in [0.5, 0.6) is 11.5 Å². The Balaban J connectivity index is 1.39. The molecule has 1 saturated carbocycles. The average molecular weight is 300 g/mol. The van der Waals surface area contributed by atoms with Gasteiger partial charge in [-0.2, -0.15) is 0 Å². The Hall–Kier alpha value is -2.50. The second-order valence-electron chi connectivity index (χ2n) is 5.55. The van der Waals surface area contributed by atoms with Crippen molar-refractivity contribution in [2.75, 3.05) is 13.2 Å². The summed E-state index contributed by atoms with van der Waals surface area (Å²) >= 11 is 0. The van der Waals surface area contributed by atoms with Crippen molar-refractivity contribution in [3.63, 3.8) is 0 Å². The van der Waals surface area contributed by atoms with Crippen LogP contribution in [0, 0.1) is 0 Å². The van der Waals surface area contributed by atoms with Crippen LogP contribution in [-0.4, -0.2) is 24.3 Å². The molecule has 1 aromatic carbocycles. The van der Waals surface area contributed by atoms with Crippen molar-refractivity contribution in [3.8, 4) is 11.5 Å². The number of hydrogen-bond acceptors (Lipinski definition) is 5. The third-order valence-corrected chi connectivity index (χ3v) is 3.80. The van der Waals surface area contributed by atoms with Gasteiger partial charge in [0.25, 0.3) is 5.91 Å². The van der Waals surface area contributed by atoms with Crippen LogP contribution in [0.25, 0.3) is 0 Å². The zero-order chi connectivity index (χ0) is 14.9. The van der Waals surface area contributed by atoms with E-state index in [2.05, 4.69) is 10.5 Å². The Morgan fingerprint density at radius 2 is 2.00 bits per heavy atom. The minimum absolute atomic E-state index is 0.231. The summed E-state index contributed by atoms with van der Waals surface area (Å²) < 4.78 is 16.2. The number of aromatic nitrogens is 1. The van der Waals surface area contributed by atoms with Gasteiger partial charge in [-0.05, 0) is 30.5 Å². The summed E-state index contributed by atoms with van der Waals surface area (Å²) in [5.41, 5.74) is 1.28. The summed E-state index contributed by atoms with van der Waals surface area (Å²) in [6, 6.07) is 7.38. The van der Waals surface area contributed by atoms with Crippen molar-refractivity contribution in [1.29, 1.82) is 0 Å². The van der Waals surface area contributed by atoms with Gasteiger partial charge in [-0.15, -0.1) is 0 Å². The van der Waals surface area contributed by atoms with E-state index in [9.17, 15) is 4.79 Å². The Morgan fingerprint density at radius 1 is 1.18 bits per heavy atom. The number of rotatable bonds is 4. The molecule has 1 aliphatic carbocycles. The molecule has 0 bridgehead atoms. The molecule has 0 saturated heterocycles. The lowest BCUT2D eigenvalue weighted by Gasteiger charge is -2.18. The maximum absolute atomic E-state index is 12.1. The number of hydrogen-bond donors (Lipinski definition) is 1. The van der Waals surface area contributed by atoms with Gasteiger partial charge in [0.15, 0.2) is 17.2 Å². The van der Waals surface area contributed by atoms with Gasteiger partial charge in [-0.25, -0.2) is 0 Å². The first-order valence-corrected chi connectivity index (χ1v) is 7.43. The highest BCUT2D eigenvalue weighted by Crippen LogP contribution is 2.40. The zero-order valence-corrected chi connectivity index (χ0v) is 12.0. The number of fused-ring (bicyclic) bond motifs is 1. The van der Waals surface area contributed by atoms with Crippen LogP contribution in [0.4, 0.5) is 0 Å². The lowest BCUT2D eigenvalue weighted by atomic mass is 10.2. The van der Waals surface area contributed by atoms with Crippen LogP contribution >= 0.6 is 0 Å². The van der Waals surface area contributed by atoms with Crippen LogP contribution < -0.4 is 14.8 Å². The number of ether oxygens (including phenoxy) is 2. The first kappa shape index (κ1) is 13.2. The smallest absolute Gasteiger partial charge is 0.273 e. The van der Waals surface area contributed by atoms with Crippen LogP contribution in [-0.2, 0) is 6.54 Å². The molecule has 1 amide bonds. The molecule has 0 atom stereocenters. The molecule has 0 unspecified atom stereocenters. The highest BCUT2D eigenvalue weighted by atomic mass is 16.6. The Bertz CT molecular complexity index is 706.